The smallest absolute Gasteiger partial charge is 0.325 e. The summed E-state index contributed by atoms with van der Waals surface area (Å²) in [6.45, 7) is 8.16. The van der Waals surface area contributed by atoms with Crippen LogP contribution < -0.4 is 9.47 Å². The number of benzene rings is 2. The molecule has 38 heavy (non-hydrogen) atoms. The summed E-state index contributed by atoms with van der Waals surface area (Å²) >= 11 is 0. The van der Waals surface area contributed by atoms with Crippen molar-refractivity contribution in [2.75, 3.05) is 33.9 Å². The zero-order valence-electron chi connectivity index (χ0n) is 23.0. The lowest BCUT2D eigenvalue weighted by molar-refractivity contribution is 0.0871. The van der Waals surface area contributed by atoms with Gasteiger partial charge in [-0.1, -0.05) is 25.1 Å². The van der Waals surface area contributed by atoms with Crippen molar-refractivity contribution in [2.45, 2.75) is 51.2 Å². The number of likely N-dealkylation sites (N-methyl/N-ethyl adjacent to an activating group) is 1. The highest BCUT2D eigenvalue weighted by molar-refractivity contribution is 5.83. The highest BCUT2D eigenvalue weighted by Gasteiger charge is 2.54. The zero-order chi connectivity index (χ0) is 26.6. The fourth-order valence-electron chi connectivity index (χ4n) is 6.88. The number of hydrogen-bond donors (Lipinski definition) is 0. The number of amides is 2. The van der Waals surface area contributed by atoms with Crippen LogP contribution in [0.15, 0.2) is 48.2 Å². The van der Waals surface area contributed by atoms with Gasteiger partial charge in [-0.15, -0.1) is 0 Å². The molecule has 0 aliphatic carbocycles. The van der Waals surface area contributed by atoms with Crippen LogP contribution in [0, 0.1) is 0 Å². The zero-order valence-corrected chi connectivity index (χ0v) is 23.0. The molecule has 0 bridgehead atoms. The molecule has 1 atom stereocenters. The molecule has 0 radical (unpaired) electrons. The van der Waals surface area contributed by atoms with Gasteiger partial charge in [-0.2, -0.15) is 0 Å². The number of hydrogen-bond acceptors (Lipinski definition) is 5. The number of methoxy groups -OCH3 is 2. The second-order valence-electron chi connectivity index (χ2n) is 10.7. The molecule has 200 valence electrons. The highest BCUT2D eigenvalue weighted by Crippen LogP contribution is 2.49. The molecule has 6 rings (SSSR count). The second-order valence-corrected chi connectivity index (χ2v) is 10.7. The minimum absolute atomic E-state index is 0.101. The number of likely N-dealkylation sites (tertiary alicyclic amines) is 1. The third-order valence-corrected chi connectivity index (χ3v) is 8.84. The van der Waals surface area contributed by atoms with Crippen LogP contribution in [-0.4, -0.2) is 69.7 Å². The van der Waals surface area contributed by atoms with Gasteiger partial charge in [-0.3, -0.25) is 9.80 Å². The number of para-hydroxylation sites is 2. The average Bonchev–Trinajstić information content (AvgIpc) is 3.28. The molecule has 2 saturated heterocycles. The van der Waals surface area contributed by atoms with Crippen molar-refractivity contribution in [1.82, 2.24) is 24.3 Å². The third-order valence-electron chi connectivity index (χ3n) is 8.84. The molecule has 1 spiro atoms. The lowest BCUT2D eigenvalue weighted by atomic mass is 9.82. The molecule has 8 nitrogen and oxygen atoms in total. The minimum Gasteiger partial charge on any atom is -0.497 e. The lowest BCUT2D eigenvalue weighted by Crippen LogP contribution is -2.53. The molecule has 2 aromatic carbocycles. The van der Waals surface area contributed by atoms with Gasteiger partial charge in [-0.05, 0) is 43.5 Å². The Hall–Kier alpha value is -3.52. The van der Waals surface area contributed by atoms with Crippen molar-refractivity contribution in [2.24, 2.45) is 7.05 Å². The number of ether oxygens (including phenoxy) is 2. The second kappa shape index (κ2) is 9.34. The third kappa shape index (κ3) is 3.68. The Bertz CT molecular complexity index is 1420. The first-order valence-corrected chi connectivity index (χ1v) is 13.6. The monoisotopic (exact) mass is 515 g/mol. The van der Waals surface area contributed by atoms with Crippen molar-refractivity contribution in [1.29, 1.82) is 0 Å². The van der Waals surface area contributed by atoms with E-state index in [1.807, 2.05) is 17.0 Å². The van der Waals surface area contributed by atoms with Gasteiger partial charge in [0, 0.05) is 49.9 Å². The summed E-state index contributed by atoms with van der Waals surface area (Å²) in [6, 6.07) is 12.4. The number of allylic oxidation sites excluding steroid dienone is 1. The van der Waals surface area contributed by atoms with E-state index in [-0.39, 0.29) is 17.5 Å². The van der Waals surface area contributed by atoms with Gasteiger partial charge in [0.1, 0.15) is 17.3 Å². The number of carbonyl (C=O) groups is 1. The van der Waals surface area contributed by atoms with E-state index in [1.54, 1.807) is 14.2 Å². The van der Waals surface area contributed by atoms with Crippen LogP contribution in [0.2, 0.25) is 0 Å². The number of imidazole rings is 1. The molecule has 3 aromatic rings. The SMILES string of the molecule is CCN1C(=O)N2Cc3cc(OC)cc(OC)c3[C@H](C)C=C2C12CCN(Cc1nc3ccccc3n1C)CC2. The van der Waals surface area contributed by atoms with E-state index >= 15 is 0 Å². The van der Waals surface area contributed by atoms with E-state index in [0.29, 0.717) is 13.1 Å². The summed E-state index contributed by atoms with van der Waals surface area (Å²) in [4.78, 5) is 25.4. The standard InChI is InChI=1S/C30H37N5O3/c1-6-35-29(36)34-18-21-16-22(37-4)17-25(38-5)28(21)20(2)15-26(34)30(35)11-13-33(14-12-30)19-27-31-23-9-7-8-10-24(23)32(27)3/h7-10,15-17,20H,6,11-14,18-19H2,1-5H3/t20-/m1/s1. The van der Waals surface area contributed by atoms with E-state index in [9.17, 15) is 4.79 Å². The Morgan fingerprint density at radius 1 is 1.11 bits per heavy atom. The number of piperidine rings is 1. The average molecular weight is 516 g/mol. The summed E-state index contributed by atoms with van der Waals surface area (Å²) in [7, 11) is 5.47. The Labute approximate surface area is 224 Å². The molecule has 4 heterocycles. The number of nitrogens with zero attached hydrogens (tertiary/aromatic N) is 5. The topological polar surface area (TPSA) is 63.1 Å². The maximum Gasteiger partial charge on any atom is 0.325 e. The fraction of sp³-hybridized carbons (Fsp3) is 0.467. The highest BCUT2D eigenvalue weighted by atomic mass is 16.5. The predicted molar refractivity (Wildman–Crippen MR) is 147 cm³/mol. The summed E-state index contributed by atoms with van der Waals surface area (Å²) in [5, 5.41) is 0. The predicted octanol–water partition coefficient (Wildman–Crippen LogP) is 4.88. The number of urea groups is 1. The number of fused-ring (bicyclic) bond motifs is 4. The van der Waals surface area contributed by atoms with Crippen molar-refractivity contribution >= 4 is 17.1 Å². The molecule has 2 amide bonds. The van der Waals surface area contributed by atoms with Gasteiger partial charge in [-0.25, -0.2) is 9.78 Å². The summed E-state index contributed by atoms with van der Waals surface area (Å²) in [5.74, 6) is 2.76. The molecule has 2 fully saturated rings. The quantitative estimate of drug-likeness (QED) is 0.485. The Morgan fingerprint density at radius 3 is 2.55 bits per heavy atom. The first-order valence-electron chi connectivity index (χ1n) is 13.6. The van der Waals surface area contributed by atoms with Crippen LogP contribution >= 0.6 is 0 Å². The van der Waals surface area contributed by atoms with Crippen LogP contribution in [0.25, 0.3) is 11.0 Å². The van der Waals surface area contributed by atoms with Crippen LogP contribution in [0.3, 0.4) is 0 Å². The van der Waals surface area contributed by atoms with E-state index in [1.165, 1.54) is 0 Å². The maximum atomic E-state index is 13.9. The van der Waals surface area contributed by atoms with Crippen molar-refractivity contribution < 1.29 is 14.3 Å². The molecule has 0 N–H and O–H groups in total. The Morgan fingerprint density at radius 2 is 1.87 bits per heavy atom. The first-order chi connectivity index (χ1) is 18.4. The molecule has 3 aliphatic heterocycles. The summed E-state index contributed by atoms with van der Waals surface area (Å²) in [6.07, 6.45) is 4.13. The van der Waals surface area contributed by atoms with E-state index in [0.717, 1.165) is 77.7 Å². The fourth-order valence-corrected chi connectivity index (χ4v) is 6.88. The normalized spacial score (nSPS) is 20.9. The molecule has 0 unspecified atom stereocenters. The van der Waals surface area contributed by atoms with E-state index < -0.39 is 0 Å². The largest absolute Gasteiger partial charge is 0.497 e. The molecule has 8 heteroatoms. The molecule has 1 aromatic heterocycles. The number of rotatable bonds is 5. The molecule has 0 saturated carbocycles. The van der Waals surface area contributed by atoms with E-state index in [2.05, 4.69) is 65.6 Å². The number of aryl methyl sites for hydroxylation is 1. The van der Waals surface area contributed by atoms with Gasteiger partial charge in [0.15, 0.2) is 0 Å². The minimum atomic E-state index is -0.289. The maximum absolute atomic E-state index is 13.9. The van der Waals surface area contributed by atoms with Gasteiger partial charge < -0.3 is 18.9 Å². The molecular formula is C30H37N5O3. The van der Waals surface area contributed by atoms with Crippen LogP contribution in [0.4, 0.5) is 4.79 Å². The van der Waals surface area contributed by atoms with Crippen LogP contribution in [0.1, 0.15) is 49.6 Å². The Kier molecular flexibility index (Phi) is 6.10. The summed E-state index contributed by atoms with van der Waals surface area (Å²) in [5.41, 5.74) is 5.28. The number of aromatic nitrogens is 2. The lowest BCUT2D eigenvalue weighted by Gasteiger charge is -2.44. The van der Waals surface area contributed by atoms with Crippen LogP contribution in [0.5, 0.6) is 11.5 Å². The van der Waals surface area contributed by atoms with Crippen LogP contribution in [-0.2, 0) is 20.1 Å². The molecule has 3 aliphatic rings. The van der Waals surface area contributed by atoms with Gasteiger partial charge in [0.25, 0.3) is 0 Å². The van der Waals surface area contributed by atoms with Crippen molar-refractivity contribution in [3.8, 4) is 11.5 Å². The first kappa shape index (κ1) is 24.8. The molecular weight excluding hydrogens is 478 g/mol. The summed E-state index contributed by atoms with van der Waals surface area (Å²) < 4.78 is 13.5. The Balaban J connectivity index is 1.30. The number of carbonyl (C=O) groups excluding carboxylic acids is 1. The van der Waals surface area contributed by atoms with Gasteiger partial charge in [0.2, 0.25) is 0 Å². The van der Waals surface area contributed by atoms with Crippen molar-refractivity contribution in [3.63, 3.8) is 0 Å². The van der Waals surface area contributed by atoms with Gasteiger partial charge >= 0.3 is 6.03 Å². The van der Waals surface area contributed by atoms with Crippen molar-refractivity contribution in [3.05, 3.63) is 65.1 Å². The van der Waals surface area contributed by atoms with Gasteiger partial charge in [0.05, 0.1) is 43.9 Å². The van der Waals surface area contributed by atoms with E-state index in [4.69, 9.17) is 14.5 Å².